The van der Waals surface area contributed by atoms with Crippen molar-refractivity contribution in [1.82, 2.24) is 5.32 Å². The fourth-order valence-corrected chi connectivity index (χ4v) is 3.52. The Morgan fingerprint density at radius 1 is 1.45 bits per heavy atom. The number of benzene rings is 1. The number of halogens is 1. The molecule has 0 atom stereocenters. The van der Waals surface area contributed by atoms with Crippen molar-refractivity contribution in [1.29, 1.82) is 0 Å². The Hall–Kier alpha value is -0.890. The Morgan fingerprint density at radius 3 is 2.70 bits per heavy atom. The molecule has 110 valence electrons. The Balaban J connectivity index is 1.98. The maximum Gasteiger partial charge on any atom is 0.270 e. The molecule has 1 aliphatic heterocycles. The summed E-state index contributed by atoms with van der Waals surface area (Å²) in [6, 6.07) is 5.14. The summed E-state index contributed by atoms with van der Waals surface area (Å²) in [6.45, 7) is 3.17. The van der Waals surface area contributed by atoms with Gasteiger partial charge in [0.05, 0.1) is 10.6 Å². The van der Waals surface area contributed by atoms with Gasteiger partial charge in [0.25, 0.3) is 5.69 Å². The van der Waals surface area contributed by atoms with E-state index in [4.69, 9.17) is 0 Å². The number of non-ortho nitro benzene ring substituents is 1. The number of nitrogens with zero attached hydrogens (tertiary/aromatic N) is 2. The van der Waals surface area contributed by atoms with Crippen molar-refractivity contribution in [2.75, 3.05) is 31.6 Å². The maximum atomic E-state index is 10.8. The van der Waals surface area contributed by atoms with Gasteiger partial charge in [-0.05, 0) is 67.4 Å². The number of hydrogen-bond acceptors (Lipinski definition) is 4. The zero-order chi connectivity index (χ0) is 14.5. The zero-order valence-corrected chi connectivity index (χ0v) is 13.8. The standard InChI is InChI=1S/C14H20IN3O2/c1-16-7-4-11-5-8-17(9-6-11)14-3-2-12(18(19)20)10-13(14)15/h2-3,10-11,16H,4-9H2,1H3. The first-order valence-corrected chi connectivity index (χ1v) is 8.03. The lowest BCUT2D eigenvalue weighted by Crippen LogP contribution is -2.34. The summed E-state index contributed by atoms with van der Waals surface area (Å²) < 4.78 is 0.963. The fourth-order valence-electron chi connectivity index (χ4n) is 2.68. The molecule has 1 aromatic carbocycles. The summed E-state index contributed by atoms with van der Waals surface area (Å²) in [5, 5.41) is 14.0. The summed E-state index contributed by atoms with van der Waals surface area (Å²) in [6.07, 6.45) is 3.64. The van der Waals surface area contributed by atoms with E-state index in [0.29, 0.717) is 0 Å². The van der Waals surface area contributed by atoms with Gasteiger partial charge in [-0.15, -0.1) is 0 Å². The van der Waals surface area contributed by atoms with Crippen molar-refractivity contribution < 1.29 is 4.92 Å². The second-order valence-electron chi connectivity index (χ2n) is 5.22. The molecule has 1 N–H and O–H groups in total. The van der Waals surface area contributed by atoms with Crippen LogP contribution in [0.4, 0.5) is 11.4 Å². The molecular formula is C14H20IN3O2. The van der Waals surface area contributed by atoms with Gasteiger partial charge in [0.2, 0.25) is 0 Å². The van der Waals surface area contributed by atoms with Gasteiger partial charge in [-0.3, -0.25) is 10.1 Å². The first-order valence-electron chi connectivity index (χ1n) is 6.95. The summed E-state index contributed by atoms with van der Waals surface area (Å²) in [5.41, 5.74) is 1.30. The minimum atomic E-state index is -0.337. The van der Waals surface area contributed by atoms with Crippen LogP contribution in [0.15, 0.2) is 18.2 Å². The van der Waals surface area contributed by atoms with Crippen molar-refractivity contribution in [3.8, 4) is 0 Å². The van der Waals surface area contributed by atoms with Crippen LogP contribution in [-0.2, 0) is 0 Å². The Bertz CT molecular complexity index is 473. The number of nitro benzene ring substituents is 1. The summed E-state index contributed by atoms with van der Waals surface area (Å²) in [4.78, 5) is 12.8. The van der Waals surface area contributed by atoms with Crippen molar-refractivity contribution in [3.05, 3.63) is 31.9 Å². The third kappa shape index (κ3) is 3.82. The average molecular weight is 389 g/mol. The molecule has 0 spiro atoms. The second-order valence-corrected chi connectivity index (χ2v) is 6.38. The first kappa shape index (κ1) is 15.5. The van der Waals surface area contributed by atoms with Gasteiger partial charge in [0.1, 0.15) is 0 Å². The molecule has 1 aliphatic rings. The van der Waals surface area contributed by atoms with E-state index in [1.54, 1.807) is 12.1 Å². The molecule has 0 bridgehead atoms. The van der Waals surface area contributed by atoms with Crippen LogP contribution in [0.1, 0.15) is 19.3 Å². The van der Waals surface area contributed by atoms with Crippen LogP contribution in [0, 0.1) is 19.6 Å². The van der Waals surface area contributed by atoms with Crippen LogP contribution in [0.3, 0.4) is 0 Å². The minimum Gasteiger partial charge on any atom is -0.371 e. The molecule has 0 radical (unpaired) electrons. The lowest BCUT2D eigenvalue weighted by molar-refractivity contribution is -0.384. The summed E-state index contributed by atoms with van der Waals surface area (Å²) in [7, 11) is 1.99. The van der Waals surface area contributed by atoms with Crippen LogP contribution >= 0.6 is 22.6 Å². The number of rotatable bonds is 5. The third-order valence-electron chi connectivity index (χ3n) is 3.90. The molecule has 5 nitrogen and oxygen atoms in total. The number of nitro groups is 1. The van der Waals surface area contributed by atoms with Gasteiger partial charge in [-0.25, -0.2) is 0 Å². The van der Waals surface area contributed by atoms with Crippen LogP contribution in [0.5, 0.6) is 0 Å². The predicted molar refractivity (Wildman–Crippen MR) is 89.3 cm³/mol. The first-order chi connectivity index (χ1) is 9.61. The van der Waals surface area contributed by atoms with Gasteiger partial charge in [0.15, 0.2) is 0 Å². The molecule has 0 aliphatic carbocycles. The molecule has 20 heavy (non-hydrogen) atoms. The lowest BCUT2D eigenvalue weighted by atomic mass is 9.93. The zero-order valence-electron chi connectivity index (χ0n) is 11.6. The van der Waals surface area contributed by atoms with Crippen LogP contribution < -0.4 is 10.2 Å². The predicted octanol–water partition coefficient (Wildman–Crippen LogP) is 3.03. The Kier molecular flexibility index (Phi) is 5.59. The van der Waals surface area contributed by atoms with Crippen molar-refractivity contribution in [2.24, 2.45) is 5.92 Å². The Morgan fingerprint density at radius 2 is 2.15 bits per heavy atom. The van der Waals surface area contributed by atoms with E-state index in [1.165, 1.54) is 19.3 Å². The van der Waals surface area contributed by atoms with E-state index in [0.717, 1.165) is 34.8 Å². The normalized spacial score (nSPS) is 16.4. The summed E-state index contributed by atoms with van der Waals surface area (Å²) >= 11 is 2.19. The molecule has 0 aromatic heterocycles. The van der Waals surface area contributed by atoms with E-state index in [-0.39, 0.29) is 10.6 Å². The van der Waals surface area contributed by atoms with Crippen molar-refractivity contribution in [2.45, 2.75) is 19.3 Å². The molecule has 0 amide bonds. The van der Waals surface area contributed by atoms with Crippen LogP contribution in [0.2, 0.25) is 0 Å². The van der Waals surface area contributed by atoms with E-state index in [1.807, 2.05) is 13.1 Å². The molecule has 1 aromatic rings. The lowest BCUT2D eigenvalue weighted by Gasteiger charge is -2.34. The van der Waals surface area contributed by atoms with E-state index >= 15 is 0 Å². The van der Waals surface area contributed by atoms with E-state index < -0.39 is 0 Å². The molecule has 1 heterocycles. The highest BCUT2D eigenvalue weighted by molar-refractivity contribution is 14.1. The summed E-state index contributed by atoms with van der Waals surface area (Å²) in [5.74, 6) is 0.800. The highest BCUT2D eigenvalue weighted by atomic mass is 127. The van der Waals surface area contributed by atoms with E-state index in [9.17, 15) is 10.1 Å². The topological polar surface area (TPSA) is 58.4 Å². The highest BCUT2D eigenvalue weighted by Gasteiger charge is 2.21. The van der Waals surface area contributed by atoms with Gasteiger partial charge in [-0.2, -0.15) is 0 Å². The highest BCUT2D eigenvalue weighted by Crippen LogP contribution is 2.30. The smallest absolute Gasteiger partial charge is 0.270 e. The van der Waals surface area contributed by atoms with Crippen molar-refractivity contribution >= 4 is 34.0 Å². The third-order valence-corrected chi connectivity index (χ3v) is 4.76. The van der Waals surface area contributed by atoms with Gasteiger partial charge in [-0.1, -0.05) is 0 Å². The fraction of sp³-hybridized carbons (Fsp3) is 0.571. The van der Waals surface area contributed by atoms with Gasteiger partial charge >= 0.3 is 0 Å². The Labute approximate surface area is 133 Å². The average Bonchev–Trinajstić information content (AvgIpc) is 2.45. The number of piperidine rings is 1. The molecule has 0 unspecified atom stereocenters. The quantitative estimate of drug-likeness (QED) is 0.478. The molecule has 0 saturated carbocycles. The largest absolute Gasteiger partial charge is 0.371 e. The van der Waals surface area contributed by atoms with Crippen molar-refractivity contribution in [3.63, 3.8) is 0 Å². The van der Waals surface area contributed by atoms with E-state index in [2.05, 4.69) is 32.8 Å². The number of nitrogens with one attached hydrogen (secondary N) is 1. The maximum absolute atomic E-state index is 10.8. The van der Waals surface area contributed by atoms with Gasteiger partial charge in [0, 0.05) is 28.8 Å². The number of hydrogen-bond donors (Lipinski definition) is 1. The molecule has 2 rings (SSSR count). The van der Waals surface area contributed by atoms with Gasteiger partial charge < -0.3 is 10.2 Å². The molecular weight excluding hydrogens is 369 g/mol. The minimum absolute atomic E-state index is 0.169. The monoisotopic (exact) mass is 389 g/mol. The second kappa shape index (κ2) is 7.21. The molecule has 6 heteroatoms. The van der Waals surface area contributed by atoms with Crippen LogP contribution in [-0.4, -0.2) is 31.6 Å². The SMILES string of the molecule is CNCCC1CCN(c2ccc([N+](=O)[O-])cc2I)CC1. The van der Waals surface area contributed by atoms with Crippen LogP contribution in [0.25, 0.3) is 0 Å². The molecule has 1 saturated heterocycles. The number of anilines is 1. The molecule has 1 fully saturated rings.